The monoisotopic (exact) mass is 224 g/mol. The van der Waals surface area contributed by atoms with Crippen molar-refractivity contribution in [2.24, 2.45) is 0 Å². The fourth-order valence-corrected chi connectivity index (χ4v) is 1.25. The van der Waals surface area contributed by atoms with Gasteiger partial charge in [0, 0.05) is 5.56 Å². The van der Waals surface area contributed by atoms with Crippen LogP contribution in [0.2, 0.25) is 5.02 Å². The smallest absolute Gasteiger partial charge is 0.418 e. The predicted molar refractivity (Wildman–Crippen MR) is 43.5 cm³/mol. The van der Waals surface area contributed by atoms with Gasteiger partial charge in [-0.25, -0.2) is 0 Å². The maximum Gasteiger partial charge on any atom is 0.418 e. The van der Waals surface area contributed by atoms with Crippen molar-refractivity contribution < 1.29 is 23.1 Å². The summed E-state index contributed by atoms with van der Waals surface area (Å²) in [4.78, 5) is 10.3. The Hall–Kier alpha value is -1.23. The van der Waals surface area contributed by atoms with Crippen LogP contribution in [0.15, 0.2) is 12.1 Å². The Morgan fingerprint density at radius 2 is 1.93 bits per heavy atom. The zero-order valence-electron chi connectivity index (χ0n) is 6.60. The minimum absolute atomic E-state index is 0.0359. The summed E-state index contributed by atoms with van der Waals surface area (Å²) in [6, 6.07) is 1.79. The lowest BCUT2D eigenvalue weighted by molar-refractivity contribution is -0.137. The molecule has 0 bridgehead atoms. The van der Waals surface area contributed by atoms with E-state index in [-0.39, 0.29) is 6.29 Å². The van der Waals surface area contributed by atoms with Crippen molar-refractivity contribution in [1.82, 2.24) is 0 Å². The number of benzene rings is 1. The number of carbonyl (C=O) groups excluding carboxylic acids is 1. The first kappa shape index (κ1) is 10.8. The van der Waals surface area contributed by atoms with E-state index in [4.69, 9.17) is 16.7 Å². The van der Waals surface area contributed by atoms with E-state index in [1.54, 1.807) is 0 Å². The molecule has 0 aromatic heterocycles. The summed E-state index contributed by atoms with van der Waals surface area (Å²) < 4.78 is 37.0. The maximum absolute atomic E-state index is 12.3. The third kappa shape index (κ3) is 1.82. The molecule has 6 heteroatoms. The van der Waals surface area contributed by atoms with E-state index in [1.807, 2.05) is 0 Å². The van der Waals surface area contributed by atoms with Crippen LogP contribution in [0.25, 0.3) is 0 Å². The van der Waals surface area contributed by atoms with Gasteiger partial charge in [-0.1, -0.05) is 11.6 Å². The molecular weight excluding hydrogens is 221 g/mol. The summed E-state index contributed by atoms with van der Waals surface area (Å²) in [7, 11) is 0. The Labute approximate surface area is 81.9 Å². The molecule has 0 saturated heterocycles. The van der Waals surface area contributed by atoms with Gasteiger partial charge in [0.05, 0.1) is 10.6 Å². The molecule has 0 unspecified atom stereocenters. The van der Waals surface area contributed by atoms with E-state index in [1.165, 1.54) is 0 Å². The van der Waals surface area contributed by atoms with Crippen LogP contribution in [0.5, 0.6) is 5.75 Å². The van der Waals surface area contributed by atoms with Crippen molar-refractivity contribution in [1.29, 1.82) is 0 Å². The third-order valence-corrected chi connectivity index (χ3v) is 1.95. The van der Waals surface area contributed by atoms with Gasteiger partial charge in [0.1, 0.15) is 5.75 Å². The Bertz CT molecular complexity index is 374. The van der Waals surface area contributed by atoms with Crippen LogP contribution in [0.1, 0.15) is 15.9 Å². The number of aldehydes is 1. The summed E-state index contributed by atoms with van der Waals surface area (Å²) >= 11 is 5.23. The number of hydrogen-bond donors (Lipinski definition) is 1. The lowest BCUT2D eigenvalue weighted by Crippen LogP contribution is -2.09. The Kier molecular flexibility index (Phi) is 2.71. The quantitative estimate of drug-likeness (QED) is 0.745. The molecule has 2 nitrogen and oxygen atoms in total. The number of phenolic OH excluding ortho intramolecular Hbond substituents is 1. The molecule has 0 aliphatic carbocycles. The van der Waals surface area contributed by atoms with Crippen LogP contribution in [0, 0.1) is 0 Å². The lowest BCUT2D eigenvalue weighted by atomic mass is 10.1. The average molecular weight is 225 g/mol. The van der Waals surface area contributed by atoms with E-state index in [2.05, 4.69) is 0 Å². The SMILES string of the molecule is O=Cc1ccc(O)c(Cl)c1C(F)(F)F. The van der Waals surface area contributed by atoms with Gasteiger partial charge < -0.3 is 5.11 Å². The van der Waals surface area contributed by atoms with Crippen LogP contribution >= 0.6 is 11.6 Å². The normalized spacial score (nSPS) is 11.4. The van der Waals surface area contributed by atoms with Crippen molar-refractivity contribution in [3.63, 3.8) is 0 Å². The highest BCUT2D eigenvalue weighted by atomic mass is 35.5. The van der Waals surface area contributed by atoms with Crippen molar-refractivity contribution in [3.8, 4) is 5.75 Å². The molecule has 1 N–H and O–H groups in total. The first-order valence-electron chi connectivity index (χ1n) is 3.41. The standard InChI is InChI=1S/C8H4ClF3O2/c9-7-5(14)2-1-4(3-13)6(7)8(10,11)12/h1-3,14H. The Morgan fingerprint density at radius 1 is 1.36 bits per heavy atom. The van der Waals surface area contributed by atoms with Crippen molar-refractivity contribution in [3.05, 3.63) is 28.3 Å². The number of aromatic hydroxyl groups is 1. The molecule has 0 spiro atoms. The molecule has 0 aliphatic rings. The summed E-state index contributed by atoms with van der Waals surface area (Å²) in [5.74, 6) is -0.704. The zero-order chi connectivity index (χ0) is 10.9. The average Bonchev–Trinajstić information content (AvgIpc) is 2.07. The van der Waals surface area contributed by atoms with Crippen molar-refractivity contribution in [2.45, 2.75) is 6.18 Å². The third-order valence-electron chi connectivity index (χ3n) is 1.56. The predicted octanol–water partition coefficient (Wildman–Crippen LogP) is 2.88. The van der Waals surface area contributed by atoms with Crippen LogP contribution in [-0.2, 0) is 6.18 Å². The largest absolute Gasteiger partial charge is 0.506 e. The molecule has 0 atom stereocenters. The molecule has 0 radical (unpaired) electrons. The fourth-order valence-electron chi connectivity index (χ4n) is 0.966. The fraction of sp³-hybridized carbons (Fsp3) is 0.125. The first-order valence-corrected chi connectivity index (χ1v) is 3.79. The number of rotatable bonds is 1. The van der Waals surface area contributed by atoms with Gasteiger partial charge in [-0.05, 0) is 12.1 Å². The van der Waals surface area contributed by atoms with Gasteiger partial charge in [-0.3, -0.25) is 4.79 Å². The summed E-state index contributed by atoms with van der Waals surface area (Å²) in [6.45, 7) is 0. The number of halogens is 4. The van der Waals surface area contributed by atoms with Crippen LogP contribution < -0.4 is 0 Å². The molecule has 1 aromatic rings. The van der Waals surface area contributed by atoms with Crippen LogP contribution in [-0.4, -0.2) is 11.4 Å². The lowest BCUT2D eigenvalue weighted by Gasteiger charge is -2.11. The van der Waals surface area contributed by atoms with E-state index in [0.717, 1.165) is 12.1 Å². The molecular formula is C8H4ClF3O2. The van der Waals surface area contributed by atoms with Gasteiger partial charge in [0.15, 0.2) is 6.29 Å². The molecule has 1 rings (SSSR count). The van der Waals surface area contributed by atoms with Crippen LogP contribution in [0.3, 0.4) is 0 Å². The van der Waals surface area contributed by atoms with Gasteiger partial charge in [0.25, 0.3) is 0 Å². The number of phenols is 1. The van der Waals surface area contributed by atoms with E-state index in [0.29, 0.717) is 0 Å². The summed E-state index contributed by atoms with van der Waals surface area (Å²) in [6.07, 6.45) is -4.72. The van der Waals surface area contributed by atoms with E-state index in [9.17, 15) is 18.0 Å². The van der Waals surface area contributed by atoms with E-state index >= 15 is 0 Å². The molecule has 0 amide bonds. The van der Waals surface area contributed by atoms with E-state index < -0.39 is 28.1 Å². The van der Waals surface area contributed by atoms with Crippen molar-refractivity contribution in [2.75, 3.05) is 0 Å². The summed E-state index contributed by atoms with van der Waals surface area (Å²) in [5.41, 5.74) is -1.91. The molecule has 14 heavy (non-hydrogen) atoms. The van der Waals surface area contributed by atoms with Gasteiger partial charge in [0.2, 0.25) is 0 Å². The Balaban J connectivity index is 3.51. The minimum Gasteiger partial charge on any atom is -0.506 e. The maximum atomic E-state index is 12.3. The second-order valence-electron chi connectivity index (χ2n) is 2.48. The van der Waals surface area contributed by atoms with Gasteiger partial charge in [-0.15, -0.1) is 0 Å². The second-order valence-corrected chi connectivity index (χ2v) is 2.86. The highest BCUT2D eigenvalue weighted by Crippen LogP contribution is 2.40. The molecule has 0 heterocycles. The Morgan fingerprint density at radius 3 is 2.36 bits per heavy atom. The number of hydrogen-bond acceptors (Lipinski definition) is 2. The zero-order valence-corrected chi connectivity index (χ0v) is 7.36. The highest BCUT2D eigenvalue weighted by Gasteiger charge is 2.37. The molecule has 0 aliphatic heterocycles. The number of carbonyl (C=O) groups is 1. The second kappa shape index (κ2) is 3.49. The molecule has 76 valence electrons. The van der Waals surface area contributed by atoms with Crippen molar-refractivity contribution >= 4 is 17.9 Å². The van der Waals surface area contributed by atoms with Gasteiger partial charge in [-0.2, -0.15) is 13.2 Å². The number of alkyl halides is 3. The molecule has 0 saturated carbocycles. The molecule has 0 fully saturated rings. The topological polar surface area (TPSA) is 37.3 Å². The molecule has 1 aromatic carbocycles. The van der Waals surface area contributed by atoms with Gasteiger partial charge >= 0.3 is 6.18 Å². The minimum atomic E-state index is -4.76. The highest BCUT2D eigenvalue weighted by molar-refractivity contribution is 6.33. The van der Waals surface area contributed by atoms with Crippen LogP contribution in [0.4, 0.5) is 13.2 Å². The first-order chi connectivity index (χ1) is 6.38. The summed E-state index contributed by atoms with van der Waals surface area (Å²) in [5, 5.41) is 8.08.